The van der Waals surface area contributed by atoms with Gasteiger partial charge in [0.05, 0.1) is 14.2 Å². The molecular formula is C24H28N2O6. The van der Waals surface area contributed by atoms with Gasteiger partial charge in [0, 0.05) is 31.1 Å². The summed E-state index contributed by atoms with van der Waals surface area (Å²) in [6.07, 6.45) is 2.48. The largest absolute Gasteiger partial charge is 0.493 e. The van der Waals surface area contributed by atoms with E-state index in [1.54, 1.807) is 32.4 Å². The Hall–Kier alpha value is -3.42. The summed E-state index contributed by atoms with van der Waals surface area (Å²) in [5.74, 6) is 2.58. The van der Waals surface area contributed by atoms with Gasteiger partial charge in [-0.1, -0.05) is 6.07 Å². The molecule has 0 spiro atoms. The van der Waals surface area contributed by atoms with Crippen LogP contribution in [0.15, 0.2) is 36.4 Å². The third kappa shape index (κ3) is 4.90. The fourth-order valence-electron chi connectivity index (χ4n) is 4.03. The normalized spacial score (nSPS) is 15.4. The number of hydrogen-bond donors (Lipinski definition) is 1. The molecule has 2 aromatic carbocycles. The molecule has 8 nitrogen and oxygen atoms in total. The second-order valence-corrected chi connectivity index (χ2v) is 7.89. The highest BCUT2D eigenvalue weighted by Crippen LogP contribution is 2.33. The van der Waals surface area contributed by atoms with Gasteiger partial charge in [-0.15, -0.1) is 0 Å². The molecule has 4 rings (SSSR count). The standard InChI is InChI=1S/C24H28N2O6/c1-29-19-6-3-16(13-21(19)30-2)4-8-23(27)25-18-9-11-26(12-10-18)24(28)17-5-7-20-22(14-17)32-15-31-20/h3,5-7,13-14,18H,4,8-12,15H2,1-2H3,(H,25,27). The average Bonchev–Trinajstić information content (AvgIpc) is 3.30. The molecule has 2 aromatic rings. The zero-order chi connectivity index (χ0) is 22.5. The van der Waals surface area contributed by atoms with Crippen LogP contribution in [0.4, 0.5) is 0 Å². The number of nitrogens with zero attached hydrogens (tertiary/aromatic N) is 1. The Kier molecular flexibility index (Phi) is 6.68. The van der Waals surface area contributed by atoms with Crippen LogP contribution in [0.1, 0.15) is 35.2 Å². The number of methoxy groups -OCH3 is 2. The number of carbonyl (C=O) groups excluding carboxylic acids is 2. The van der Waals surface area contributed by atoms with E-state index in [2.05, 4.69) is 5.32 Å². The summed E-state index contributed by atoms with van der Waals surface area (Å²) >= 11 is 0. The lowest BCUT2D eigenvalue weighted by Crippen LogP contribution is -2.46. The molecule has 0 aliphatic carbocycles. The number of aryl methyl sites for hydroxylation is 1. The first-order valence-corrected chi connectivity index (χ1v) is 10.8. The van der Waals surface area contributed by atoms with Gasteiger partial charge in [0.1, 0.15) is 0 Å². The molecular weight excluding hydrogens is 412 g/mol. The van der Waals surface area contributed by atoms with Crippen LogP contribution in [-0.2, 0) is 11.2 Å². The van der Waals surface area contributed by atoms with Crippen LogP contribution >= 0.6 is 0 Å². The van der Waals surface area contributed by atoms with Crippen molar-refractivity contribution >= 4 is 11.8 Å². The van der Waals surface area contributed by atoms with Crippen LogP contribution in [0.3, 0.4) is 0 Å². The summed E-state index contributed by atoms with van der Waals surface area (Å²) in [4.78, 5) is 27.1. The highest BCUT2D eigenvalue weighted by atomic mass is 16.7. The van der Waals surface area contributed by atoms with Gasteiger partial charge in [-0.05, 0) is 55.2 Å². The minimum atomic E-state index is -0.0264. The topological polar surface area (TPSA) is 86.3 Å². The van der Waals surface area contributed by atoms with Crippen LogP contribution in [0.5, 0.6) is 23.0 Å². The molecule has 0 unspecified atom stereocenters. The average molecular weight is 440 g/mol. The number of rotatable bonds is 7. The Balaban J connectivity index is 1.23. The number of carbonyl (C=O) groups is 2. The molecule has 0 atom stereocenters. The van der Waals surface area contributed by atoms with Crippen LogP contribution in [-0.4, -0.2) is 56.9 Å². The molecule has 0 saturated carbocycles. The van der Waals surface area contributed by atoms with Gasteiger partial charge in [-0.2, -0.15) is 0 Å². The van der Waals surface area contributed by atoms with E-state index < -0.39 is 0 Å². The van der Waals surface area contributed by atoms with Crippen LogP contribution in [0.2, 0.25) is 0 Å². The second kappa shape index (κ2) is 9.80. The van der Waals surface area contributed by atoms with Crippen molar-refractivity contribution in [2.75, 3.05) is 34.1 Å². The molecule has 1 saturated heterocycles. The van der Waals surface area contributed by atoms with E-state index in [0.29, 0.717) is 54.5 Å². The maximum absolute atomic E-state index is 12.8. The molecule has 8 heteroatoms. The lowest BCUT2D eigenvalue weighted by Gasteiger charge is -2.32. The molecule has 0 radical (unpaired) electrons. The van der Waals surface area contributed by atoms with E-state index in [0.717, 1.165) is 18.4 Å². The van der Waals surface area contributed by atoms with E-state index in [9.17, 15) is 9.59 Å². The zero-order valence-electron chi connectivity index (χ0n) is 18.4. The molecule has 1 N–H and O–H groups in total. The molecule has 2 amide bonds. The summed E-state index contributed by atoms with van der Waals surface area (Å²) in [5, 5.41) is 3.10. The van der Waals surface area contributed by atoms with E-state index >= 15 is 0 Å². The van der Waals surface area contributed by atoms with Crippen molar-refractivity contribution < 1.29 is 28.5 Å². The molecule has 170 valence electrons. The van der Waals surface area contributed by atoms with Gasteiger partial charge < -0.3 is 29.2 Å². The molecule has 32 heavy (non-hydrogen) atoms. The first kappa shape index (κ1) is 21.8. The van der Waals surface area contributed by atoms with Crippen molar-refractivity contribution in [1.82, 2.24) is 10.2 Å². The number of nitrogens with one attached hydrogen (secondary N) is 1. The number of hydrogen-bond acceptors (Lipinski definition) is 6. The Labute approximate surface area is 187 Å². The fraction of sp³-hybridized carbons (Fsp3) is 0.417. The maximum Gasteiger partial charge on any atom is 0.253 e. The summed E-state index contributed by atoms with van der Waals surface area (Å²) in [5.41, 5.74) is 1.61. The number of piperidine rings is 1. The van der Waals surface area contributed by atoms with Crippen molar-refractivity contribution in [3.05, 3.63) is 47.5 Å². The van der Waals surface area contributed by atoms with Gasteiger partial charge >= 0.3 is 0 Å². The summed E-state index contributed by atoms with van der Waals surface area (Å²) < 4.78 is 21.2. The molecule has 2 heterocycles. The SMILES string of the molecule is COc1ccc(CCC(=O)NC2CCN(C(=O)c3ccc4c(c3)OCO4)CC2)cc1OC. The zero-order valence-corrected chi connectivity index (χ0v) is 18.4. The molecule has 2 aliphatic rings. The second-order valence-electron chi connectivity index (χ2n) is 7.89. The van der Waals surface area contributed by atoms with Crippen molar-refractivity contribution in [2.45, 2.75) is 31.7 Å². The van der Waals surface area contributed by atoms with E-state index in [1.807, 2.05) is 23.1 Å². The lowest BCUT2D eigenvalue weighted by molar-refractivity contribution is -0.122. The van der Waals surface area contributed by atoms with Crippen LogP contribution in [0, 0.1) is 0 Å². The highest BCUT2D eigenvalue weighted by molar-refractivity contribution is 5.95. The monoisotopic (exact) mass is 440 g/mol. The van der Waals surface area contributed by atoms with Crippen molar-refractivity contribution in [2.24, 2.45) is 0 Å². The number of ether oxygens (including phenoxy) is 4. The predicted molar refractivity (Wildman–Crippen MR) is 118 cm³/mol. The van der Waals surface area contributed by atoms with Crippen LogP contribution in [0.25, 0.3) is 0 Å². The minimum absolute atomic E-state index is 0.0142. The Morgan fingerprint density at radius 2 is 1.75 bits per heavy atom. The molecule has 1 fully saturated rings. The highest BCUT2D eigenvalue weighted by Gasteiger charge is 2.26. The van der Waals surface area contributed by atoms with Gasteiger partial charge in [0.25, 0.3) is 5.91 Å². The quantitative estimate of drug-likeness (QED) is 0.713. The first-order chi connectivity index (χ1) is 15.6. The number of likely N-dealkylation sites (tertiary alicyclic amines) is 1. The van der Waals surface area contributed by atoms with Crippen LogP contribution < -0.4 is 24.3 Å². The van der Waals surface area contributed by atoms with Gasteiger partial charge in [-0.25, -0.2) is 0 Å². The first-order valence-electron chi connectivity index (χ1n) is 10.8. The summed E-state index contributed by atoms with van der Waals surface area (Å²) in [6, 6.07) is 11.0. The van der Waals surface area contributed by atoms with E-state index in [1.165, 1.54) is 0 Å². The minimum Gasteiger partial charge on any atom is -0.493 e. The maximum atomic E-state index is 12.8. The van der Waals surface area contributed by atoms with E-state index in [4.69, 9.17) is 18.9 Å². The third-order valence-electron chi connectivity index (χ3n) is 5.86. The summed E-state index contributed by atoms with van der Waals surface area (Å²) in [7, 11) is 3.19. The molecule has 2 aliphatic heterocycles. The Morgan fingerprint density at radius 1 is 1.00 bits per heavy atom. The molecule has 0 aromatic heterocycles. The fourth-order valence-corrected chi connectivity index (χ4v) is 4.03. The number of amides is 2. The number of fused-ring (bicyclic) bond motifs is 1. The van der Waals surface area contributed by atoms with Crippen molar-refractivity contribution in [3.8, 4) is 23.0 Å². The lowest BCUT2D eigenvalue weighted by atomic mass is 10.0. The number of benzene rings is 2. The van der Waals surface area contributed by atoms with Gasteiger partial charge in [-0.3, -0.25) is 9.59 Å². The predicted octanol–water partition coefficient (Wildman–Crippen LogP) is 2.79. The molecule has 0 bridgehead atoms. The summed E-state index contributed by atoms with van der Waals surface area (Å²) in [6.45, 7) is 1.39. The third-order valence-corrected chi connectivity index (χ3v) is 5.86. The smallest absolute Gasteiger partial charge is 0.253 e. The Morgan fingerprint density at radius 3 is 2.50 bits per heavy atom. The Bertz CT molecular complexity index is 984. The van der Waals surface area contributed by atoms with Gasteiger partial charge in [0.2, 0.25) is 12.7 Å². The van der Waals surface area contributed by atoms with Crippen molar-refractivity contribution in [1.29, 1.82) is 0 Å². The van der Waals surface area contributed by atoms with Crippen molar-refractivity contribution in [3.63, 3.8) is 0 Å². The van der Waals surface area contributed by atoms with Gasteiger partial charge in [0.15, 0.2) is 23.0 Å². The van der Waals surface area contributed by atoms with E-state index in [-0.39, 0.29) is 24.6 Å².